The van der Waals surface area contributed by atoms with Gasteiger partial charge in [-0.25, -0.2) is 0 Å². The first-order valence-electron chi connectivity index (χ1n) is 5.29. The summed E-state index contributed by atoms with van der Waals surface area (Å²) in [6, 6.07) is 0. The highest BCUT2D eigenvalue weighted by Crippen LogP contribution is 2.34. The first kappa shape index (κ1) is 11.2. The molecule has 0 saturated heterocycles. The maximum absolute atomic E-state index is 11.7. The van der Waals surface area contributed by atoms with E-state index in [1.807, 2.05) is 6.08 Å². The molecule has 1 aliphatic carbocycles. The third-order valence-electron chi connectivity index (χ3n) is 3.12. The first-order chi connectivity index (χ1) is 6.61. The number of hydrogen-bond donors (Lipinski definition) is 0. The van der Waals surface area contributed by atoms with Crippen molar-refractivity contribution < 1.29 is 9.59 Å². The summed E-state index contributed by atoms with van der Waals surface area (Å²) in [4.78, 5) is 23.3. The summed E-state index contributed by atoms with van der Waals surface area (Å²) in [5.41, 5.74) is -0.679. The number of Topliss-reactive ketones (excluding diaryl/α,β-unsaturated/α-hetero) is 2. The van der Waals surface area contributed by atoms with Gasteiger partial charge in [0.15, 0.2) is 0 Å². The fourth-order valence-electron chi connectivity index (χ4n) is 2.00. The summed E-state index contributed by atoms with van der Waals surface area (Å²) in [5.74, 6) is 0.274. The molecule has 1 rings (SSSR count). The van der Waals surface area contributed by atoms with Crippen LogP contribution >= 0.6 is 0 Å². The van der Waals surface area contributed by atoms with E-state index in [2.05, 4.69) is 6.58 Å². The zero-order chi connectivity index (χ0) is 10.6. The van der Waals surface area contributed by atoms with Gasteiger partial charge in [-0.3, -0.25) is 9.59 Å². The van der Waals surface area contributed by atoms with Gasteiger partial charge in [0, 0.05) is 12.8 Å². The van der Waals surface area contributed by atoms with Crippen molar-refractivity contribution in [3.05, 3.63) is 12.7 Å². The second-order valence-corrected chi connectivity index (χ2v) is 4.21. The molecule has 14 heavy (non-hydrogen) atoms. The van der Waals surface area contributed by atoms with Gasteiger partial charge < -0.3 is 0 Å². The predicted molar refractivity (Wildman–Crippen MR) is 56.0 cm³/mol. The summed E-state index contributed by atoms with van der Waals surface area (Å²) in [6.45, 7) is 5.44. The van der Waals surface area contributed by atoms with Crippen molar-refractivity contribution >= 4 is 11.6 Å². The lowest BCUT2D eigenvalue weighted by atomic mass is 9.70. The quantitative estimate of drug-likeness (QED) is 0.391. The molecular weight excluding hydrogens is 176 g/mol. The average molecular weight is 194 g/mol. The highest BCUT2D eigenvalue weighted by Gasteiger charge is 2.41. The van der Waals surface area contributed by atoms with Gasteiger partial charge in [0.05, 0.1) is 5.41 Å². The third-order valence-corrected chi connectivity index (χ3v) is 3.12. The monoisotopic (exact) mass is 194 g/mol. The van der Waals surface area contributed by atoms with Crippen molar-refractivity contribution in [1.29, 1.82) is 0 Å². The number of rotatable bonds is 4. The molecule has 0 aromatic heterocycles. The Labute approximate surface area is 85.4 Å². The van der Waals surface area contributed by atoms with E-state index in [1.165, 1.54) is 0 Å². The fourth-order valence-corrected chi connectivity index (χ4v) is 2.00. The number of unbranched alkanes of at least 4 members (excludes halogenated alkanes) is 1. The highest BCUT2D eigenvalue weighted by atomic mass is 16.2. The maximum Gasteiger partial charge on any atom is 0.146 e. The van der Waals surface area contributed by atoms with Gasteiger partial charge in [0.25, 0.3) is 0 Å². The normalized spacial score (nSPS) is 20.9. The number of hydrogen-bond acceptors (Lipinski definition) is 2. The van der Waals surface area contributed by atoms with Crippen LogP contribution in [-0.4, -0.2) is 11.6 Å². The van der Waals surface area contributed by atoms with Gasteiger partial charge in [0.2, 0.25) is 0 Å². The summed E-state index contributed by atoms with van der Waals surface area (Å²) < 4.78 is 0. The molecule has 2 heteroatoms. The summed E-state index contributed by atoms with van der Waals surface area (Å²) in [6.07, 6.45) is 6.20. The molecular formula is C12H18O2. The topological polar surface area (TPSA) is 34.1 Å². The van der Waals surface area contributed by atoms with E-state index in [0.29, 0.717) is 19.3 Å². The van der Waals surface area contributed by atoms with E-state index in [1.54, 1.807) is 6.92 Å². The number of carbonyl (C=O) groups excluding carboxylic acids is 2. The largest absolute Gasteiger partial charge is 0.299 e. The number of ketones is 2. The van der Waals surface area contributed by atoms with Crippen LogP contribution in [0.15, 0.2) is 12.7 Å². The van der Waals surface area contributed by atoms with E-state index < -0.39 is 5.41 Å². The van der Waals surface area contributed by atoms with Crippen molar-refractivity contribution in [2.45, 2.75) is 45.4 Å². The third kappa shape index (κ3) is 2.11. The molecule has 0 aromatic carbocycles. The molecule has 2 nitrogen and oxygen atoms in total. The standard InChI is InChI=1S/C12H18O2/c1-3-4-5-9-12(2)10(13)7-6-8-11(12)14/h3H,1,4-9H2,2H3. The van der Waals surface area contributed by atoms with Crippen LogP contribution in [0.5, 0.6) is 0 Å². The molecule has 1 fully saturated rings. The molecule has 0 atom stereocenters. The molecule has 0 amide bonds. The van der Waals surface area contributed by atoms with Crippen LogP contribution < -0.4 is 0 Å². The Morgan fingerprint density at radius 1 is 1.36 bits per heavy atom. The minimum Gasteiger partial charge on any atom is -0.299 e. The van der Waals surface area contributed by atoms with E-state index in [4.69, 9.17) is 0 Å². The second kappa shape index (κ2) is 4.54. The summed E-state index contributed by atoms with van der Waals surface area (Å²) >= 11 is 0. The molecule has 0 aromatic rings. The summed E-state index contributed by atoms with van der Waals surface area (Å²) in [7, 11) is 0. The molecule has 0 spiro atoms. The predicted octanol–water partition coefficient (Wildman–Crippen LogP) is 2.67. The lowest BCUT2D eigenvalue weighted by Gasteiger charge is -2.30. The molecule has 0 bridgehead atoms. The van der Waals surface area contributed by atoms with Crippen LogP contribution in [0.4, 0.5) is 0 Å². The molecule has 0 unspecified atom stereocenters. The van der Waals surface area contributed by atoms with E-state index in [0.717, 1.165) is 19.3 Å². The zero-order valence-electron chi connectivity index (χ0n) is 8.84. The van der Waals surface area contributed by atoms with Crippen molar-refractivity contribution in [2.24, 2.45) is 5.41 Å². The Balaban J connectivity index is 2.62. The van der Waals surface area contributed by atoms with Crippen LogP contribution in [-0.2, 0) is 9.59 Å². The SMILES string of the molecule is C=CCCCC1(C)C(=O)CCCC1=O. The Kier molecular flexibility index (Phi) is 3.62. The van der Waals surface area contributed by atoms with Gasteiger partial charge in [-0.15, -0.1) is 6.58 Å². The van der Waals surface area contributed by atoms with Crippen molar-refractivity contribution in [3.8, 4) is 0 Å². The molecule has 0 N–H and O–H groups in total. The molecule has 1 saturated carbocycles. The first-order valence-corrected chi connectivity index (χ1v) is 5.29. The van der Waals surface area contributed by atoms with Crippen LogP contribution in [0.2, 0.25) is 0 Å². The van der Waals surface area contributed by atoms with Crippen LogP contribution in [0, 0.1) is 5.41 Å². The number of carbonyl (C=O) groups is 2. The average Bonchev–Trinajstić information content (AvgIpc) is 2.15. The van der Waals surface area contributed by atoms with Gasteiger partial charge >= 0.3 is 0 Å². The van der Waals surface area contributed by atoms with Crippen molar-refractivity contribution in [1.82, 2.24) is 0 Å². The Hall–Kier alpha value is -0.920. The maximum atomic E-state index is 11.7. The van der Waals surface area contributed by atoms with Crippen LogP contribution in [0.3, 0.4) is 0 Å². The molecule has 78 valence electrons. The molecule has 0 heterocycles. The Morgan fingerprint density at radius 2 is 1.93 bits per heavy atom. The van der Waals surface area contributed by atoms with E-state index in [-0.39, 0.29) is 11.6 Å². The summed E-state index contributed by atoms with van der Waals surface area (Å²) in [5, 5.41) is 0. The van der Waals surface area contributed by atoms with E-state index in [9.17, 15) is 9.59 Å². The Morgan fingerprint density at radius 3 is 2.43 bits per heavy atom. The van der Waals surface area contributed by atoms with Gasteiger partial charge in [0.1, 0.15) is 11.6 Å². The lowest BCUT2D eigenvalue weighted by Crippen LogP contribution is -2.39. The fraction of sp³-hybridized carbons (Fsp3) is 0.667. The number of allylic oxidation sites excluding steroid dienone is 1. The lowest BCUT2D eigenvalue weighted by molar-refractivity contribution is -0.143. The van der Waals surface area contributed by atoms with Gasteiger partial charge in [-0.1, -0.05) is 6.08 Å². The second-order valence-electron chi connectivity index (χ2n) is 4.21. The van der Waals surface area contributed by atoms with Crippen molar-refractivity contribution in [2.75, 3.05) is 0 Å². The minimum absolute atomic E-state index is 0.137. The zero-order valence-corrected chi connectivity index (χ0v) is 8.84. The van der Waals surface area contributed by atoms with E-state index >= 15 is 0 Å². The van der Waals surface area contributed by atoms with Gasteiger partial charge in [-0.2, -0.15) is 0 Å². The van der Waals surface area contributed by atoms with Crippen LogP contribution in [0.1, 0.15) is 45.4 Å². The Bertz CT molecular complexity index is 237. The molecule has 0 aliphatic heterocycles. The molecule has 0 radical (unpaired) electrons. The van der Waals surface area contributed by atoms with Gasteiger partial charge in [-0.05, 0) is 32.6 Å². The van der Waals surface area contributed by atoms with Crippen molar-refractivity contribution in [3.63, 3.8) is 0 Å². The molecule has 1 aliphatic rings. The smallest absolute Gasteiger partial charge is 0.146 e. The highest BCUT2D eigenvalue weighted by molar-refractivity contribution is 6.08. The van der Waals surface area contributed by atoms with Crippen LogP contribution in [0.25, 0.3) is 0 Å². The minimum atomic E-state index is -0.679.